The van der Waals surface area contributed by atoms with Gasteiger partial charge in [-0.1, -0.05) is 0 Å². The summed E-state index contributed by atoms with van der Waals surface area (Å²) in [5.74, 6) is 0.789. The summed E-state index contributed by atoms with van der Waals surface area (Å²) in [6.45, 7) is 1.40. The number of carbonyl (C=O) groups is 1. The van der Waals surface area contributed by atoms with E-state index in [1.165, 1.54) is 14.0 Å². The number of benzene rings is 1. The quantitative estimate of drug-likeness (QED) is 0.894. The molecule has 0 spiro atoms. The molecule has 0 aliphatic rings. The molecule has 0 atom stereocenters. The second kappa shape index (κ2) is 5.88. The number of carbonyl (C=O) groups excluding carboxylic acids is 1. The number of hydrogen-bond donors (Lipinski definition) is 1. The molecule has 2 aromatic rings. The van der Waals surface area contributed by atoms with Gasteiger partial charge < -0.3 is 14.3 Å². The Kier molecular flexibility index (Phi) is 4.20. The number of aliphatic hydroxyl groups excluding tert-OH is 1. The monoisotopic (exact) mass is 276 g/mol. The number of ketones is 1. The zero-order valence-corrected chi connectivity index (χ0v) is 11.4. The Labute approximate surface area is 115 Å². The number of hydrogen-bond acceptors (Lipinski definition) is 5. The summed E-state index contributed by atoms with van der Waals surface area (Å²) < 4.78 is 10.3. The van der Waals surface area contributed by atoms with Crippen molar-refractivity contribution in [2.24, 2.45) is 0 Å². The molecule has 0 bridgehead atoms. The Bertz CT molecular complexity index is 699. The van der Waals surface area contributed by atoms with Crippen LogP contribution in [0.1, 0.15) is 18.2 Å². The van der Waals surface area contributed by atoms with E-state index >= 15 is 0 Å². The predicted octanol–water partition coefficient (Wildman–Crippen LogP) is 1.47. The topological polar surface area (TPSA) is 76.7 Å². The van der Waals surface area contributed by atoms with Crippen LogP contribution in [0.2, 0.25) is 0 Å². The van der Waals surface area contributed by atoms with E-state index in [2.05, 4.69) is 0 Å². The van der Waals surface area contributed by atoms with Crippen LogP contribution in [0.5, 0.6) is 5.75 Å². The smallest absolute Gasteiger partial charge is 0.343 e. The molecule has 5 nitrogen and oxygen atoms in total. The summed E-state index contributed by atoms with van der Waals surface area (Å²) in [6.07, 6.45) is 0.479. The van der Waals surface area contributed by atoms with Crippen LogP contribution in [0.15, 0.2) is 27.4 Å². The molecule has 1 N–H and O–H groups in total. The Morgan fingerprint density at radius 3 is 2.65 bits per heavy atom. The molecular weight excluding hydrogens is 260 g/mol. The highest BCUT2D eigenvalue weighted by Crippen LogP contribution is 2.24. The van der Waals surface area contributed by atoms with E-state index in [-0.39, 0.29) is 18.8 Å². The summed E-state index contributed by atoms with van der Waals surface area (Å²) in [6, 6.07) is 5.05. The molecule has 0 aliphatic heterocycles. The number of Topliss-reactive ketones (excluding diaryl/α,β-unsaturated/α-hetero) is 1. The Morgan fingerprint density at radius 2 is 2.05 bits per heavy atom. The Hall–Kier alpha value is -2.14. The van der Waals surface area contributed by atoms with Crippen molar-refractivity contribution in [1.82, 2.24) is 0 Å². The summed E-state index contributed by atoms with van der Waals surface area (Å²) in [5.41, 5.74) is 0.288. The zero-order chi connectivity index (χ0) is 14.7. The van der Waals surface area contributed by atoms with Crippen molar-refractivity contribution in [3.05, 3.63) is 39.9 Å². The molecule has 0 aliphatic carbocycles. The standard InChI is InChI=1S/C15H16O5/c1-9(17)5-12-8-13-10(3-4-16)6-11(19-2)7-14(13)15(18)20-12/h6-8,16H,3-5H2,1-2H3. The van der Waals surface area contributed by atoms with Crippen molar-refractivity contribution in [3.63, 3.8) is 0 Å². The van der Waals surface area contributed by atoms with Crippen LogP contribution in [0.3, 0.4) is 0 Å². The summed E-state index contributed by atoms with van der Waals surface area (Å²) >= 11 is 0. The summed E-state index contributed by atoms with van der Waals surface area (Å²) in [5, 5.41) is 10.2. The maximum atomic E-state index is 12.0. The van der Waals surface area contributed by atoms with Gasteiger partial charge in [-0.2, -0.15) is 0 Å². The highest BCUT2D eigenvalue weighted by atomic mass is 16.5. The van der Waals surface area contributed by atoms with E-state index in [4.69, 9.17) is 14.3 Å². The Morgan fingerprint density at radius 1 is 1.30 bits per heavy atom. The van der Waals surface area contributed by atoms with Crippen molar-refractivity contribution in [1.29, 1.82) is 0 Å². The number of fused-ring (bicyclic) bond motifs is 1. The third-order valence-corrected chi connectivity index (χ3v) is 3.03. The highest BCUT2D eigenvalue weighted by molar-refractivity contribution is 5.87. The fourth-order valence-electron chi connectivity index (χ4n) is 2.17. The van der Waals surface area contributed by atoms with Gasteiger partial charge in [-0.15, -0.1) is 0 Å². The minimum Gasteiger partial charge on any atom is -0.497 e. The molecule has 2 rings (SSSR count). The number of methoxy groups -OCH3 is 1. The van der Waals surface area contributed by atoms with Gasteiger partial charge in [-0.25, -0.2) is 4.79 Å². The maximum absolute atomic E-state index is 12.0. The van der Waals surface area contributed by atoms with Crippen LogP contribution in [0, 0.1) is 0 Å². The molecule has 1 aromatic carbocycles. The molecule has 0 saturated carbocycles. The number of rotatable bonds is 5. The second-order valence-corrected chi connectivity index (χ2v) is 4.60. The number of ether oxygens (including phenoxy) is 1. The van der Waals surface area contributed by atoms with Gasteiger partial charge in [0.15, 0.2) is 0 Å². The van der Waals surface area contributed by atoms with Crippen LogP contribution >= 0.6 is 0 Å². The minimum absolute atomic E-state index is 0.0372. The van der Waals surface area contributed by atoms with E-state index in [0.29, 0.717) is 28.7 Å². The summed E-state index contributed by atoms with van der Waals surface area (Å²) in [7, 11) is 1.51. The van der Waals surface area contributed by atoms with Gasteiger partial charge in [-0.05, 0) is 42.5 Å². The number of aliphatic hydroxyl groups is 1. The second-order valence-electron chi connectivity index (χ2n) is 4.60. The lowest BCUT2D eigenvalue weighted by Crippen LogP contribution is -2.07. The molecule has 1 aromatic heterocycles. The van der Waals surface area contributed by atoms with Crippen LogP contribution in [-0.2, 0) is 17.6 Å². The lowest BCUT2D eigenvalue weighted by atomic mass is 10.0. The molecular formula is C15H16O5. The van der Waals surface area contributed by atoms with Gasteiger partial charge in [0.1, 0.15) is 17.3 Å². The molecule has 1 heterocycles. The van der Waals surface area contributed by atoms with Crippen molar-refractivity contribution in [2.75, 3.05) is 13.7 Å². The highest BCUT2D eigenvalue weighted by Gasteiger charge is 2.12. The van der Waals surface area contributed by atoms with E-state index in [1.807, 2.05) is 0 Å². The molecule has 0 fully saturated rings. The van der Waals surface area contributed by atoms with Crippen molar-refractivity contribution in [2.45, 2.75) is 19.8 Å². The molecule has 5 heteroatoms. The van der Waals surface area contributed by atoms with Gasteiger partial charge in [0.2, 0.25) is 0 Å². The first-order valence-electron chi connectivity index (χ1n) is 6.29. The van der Waals surface area contributed by atoms with Crippen LogP contribution in [0.25, 0.3) is 10.8 Å². The lowest BCUT2D eigenvalue weighted by Gasteiger charge is -2.09. The van der Waals surface area contributed by atoms with E-state index in [0.717, 1.165) is 5.56 Å². The van der Waals surface area contributed by atoms with Gasteiger partial charge in [0, 0.05) is 6.61 Å². The third-order valence-electron chi connectivity index (χ3n) is 3.03. The Balaban J connectivity index is 2.69. The first-order chi connectivity index (χ1) is 9.55. The van der Waals surface area contributed by atoms with Crippen molar-refractivity contribution in [3.8, 4) is 5.75 Å². The maximum Gasteiger partial charge on any atom is 0.343 e. The molecule has 106 valence electrons. The largest absolute Gasteiger partial charge is 0.497 e. The van der Waals surface area contributed by atoms with Gasteiger partial charge in [-0.3, -0.25) is 4.79 Å². The fraction of sp³-hybridized carbons (Fsp3) is 0.333. The average molecular weight is 276 g/mol. The van der Waals surface area contributed by atoms with Crippen LogP contribution in [-0.4, -0.2) is 24.6 Å². The first-order valence-corrected chi connectivity index (χ1v) is 6.29. The van der Waals surface area contributed by atoms with Crippen LogP contribution < -0.4 is 10.4 Å². The first kappa shape index (κ1) is 14.3. The van der Waals surface area contributed by atoms with Gasteiger partial charge >= 0.3 is 5.63 Å². The van der Waals surface area contributed by atoms with Crippen molar-refractivity contribution >= 4 is 16.6 Å². The predicted molar refractivity (Wildman–Crippen MR) is 74.2 cm³/mol. The molecule has 0 saturated heterocycles. The van der Waals surface area contributed by atoms with Crippen molar-refractivity contribution < 1.29 is 19.1 Å². The van der Waals surface area contributed by atoms with Crippen LogP contribution in [0.4, 0.5) is 0 Å². The van der Waals surface area contributed by atoms with E-state index in [1.54, 1.807) is 18.2 Å². The van der Waals surface area contributed by atoms with Gasteiger partial charge in [0.25, 0.3) is 0 Å². The molecule has 0 amide bonds. The van der Waals surface area contributed by atoms with E-state index in [9.17, 15) is 9.59 Å². The SMILES string of the molecule is COc1cc(CCO)c2cc(CC(C)=O)oc(=O)c2c1. The molecule has 0 unspecified atom stereocenters. The minimum atomic E-state index is -0.503. The fourth-order valence-corrected chi connectivity index (χ4v) is 2.17. The summed E-state index contributed by atoms with van der Waals surface area (Å²) in [4.78, 5) is 23.2. The average Bonchev–Trinajstić information content (AvgIpc) is 2.39. The molecule has 0 radical (unpaired) electrons. The van der Waals surface area contributed by atoms with Gasteiger partial charge in [0.05, 0.1) is 18.9 Å². The van der Waals surface area contributed by atoms with E-state index < -0.39 is 5.63 Å². The zero-order valence-electron chi connectivity index (χ0n) is 11.4. The normalized spacial score (nSPS) is 10.8. The molecule has 20 heavy (non-hydrogen) atoms. The third kappa shape index (κ3) is 2.88. The lowest BCUT2D eigenvalue weighted by molar-refractivity contribution is -0.116.